The Morgan fingerprint density at radius 1 is 1.44 bits per heavy atom. The zero-order valence-corrected chi connectivity index (χ0v) is 11.6. The quantitative estimate of drug-likeness (QED) is 0.832. The second kappa shape index (κ2) is 6.61. The van der Waals surface area contributed by atoms with Gasteiger partial charge in [-0.25, -0.2) is 0 Å². The molecular weight excluding hydrogens is 252 g/mol. The summed E-state index contributed by atoms with van der Waals surface area (Å²) in [4.78, 5) is 11.0. The van der Waals surface area contributed by atoms with Crippen molar-refractivity contribution >= 4 is 17.5 Å². The number of primary amides is 1. The second-order valence-corrected chi connectivity index (χ2v) is 4.89. The summed E-state index contributed by atoms with van der Waals surface area (Å²) in [7, 11) is 0. The summed E-state index contributed by atoms with van der Waals surface area (Å²) in [5.41, 5.74) is 6.09. The van der Waals surface area contributed by atoms with Gasteiger partial charge in [0.2, 0.25) is 0 Å². The minimum Gasteiger partial charge on any atom is -0.481 e. The fourth-order valence-electron chi connectivity index (χ4n) is 1.36. The number of carbonyl (C=O) groups excluding carboxylic acids is 1. The maximum absolute atomic E-state index is 11.0. The van der Waals surface area contributed by atoms with Gasteiger partial charge in [0.25, 0.3) is 5.91 Å². The number of halogens is 1. The van der Waals surface area contributed by atoms with Gasteiger partial charge in [0.15, 0.2) is 6.10 Å². The van der Waals surface area contributed by atoms with Gasteiger partial charge in [0.05, 0.1) is 0 Å². The average molecular weight is 271 g/mol. The number of amides is 1. The lowest BCUT2D eigenvalue weighted by atomic mass is 10.2. The lowest BCUT2D eigenvalue weighted by Crippen LogP contribution is -2.31. The molecule has 4 nitrogen and oxygen atoms in total. The smallest absolute Gasteiger partial charge is 0.258 e. The third kappa shape index (κ3) is 4.55. The molecule has 0 aliphatic rings. The molecule has 1 atom stereocenters. The van der Waals surface area contributed by atoms with Gasteiger partial charge >= 0.3 is 0 Å². The van der Waals surface area contributed by atoms with Crippen molar-refractivity contribution in [2.45, 2.75) is 39.5 Å². The highest BCUT2D eigenvalue weighted by Gasteiger charge is 2.13. The summed E-state index contributed by atoms with van der Waals surface area (Å²) < 4.78 is 5.52. The molecule has 0 saturated heterocycles. The molecule has 0 aliphatic heterocycles. The second-order valence-electron chi connectivity index (χ2n) is 4.45. The Balaban J connectivity index is 2.85. The average Bonchev–Trinajstić information content (AvgIpc) is 2.29. The first-order valence-electron chi connectivity index (χ1n) is 5.88. The van der Waals surface area contributed by atoms with Crippen LogP contribution in [-0.2, 0) is 11.3 Å². The highest BCUT2D eigenvalue weighted by Crippen LogP contribution is 2.24. The molecule has 1 rings (SSSR count). The predicted octanol–water partition coefficient (Wildman–Crippen LogP) is 2.09. The maximum atomic E-state index is 11.0. The molecule has 0 saturated carbocycles. The molecule has 0 fully saturated rings. The topological polar surface area (TPSA) is 64.3 Å². The Hall–Kier alpha value is -1.26. The predicted molar refractivity (Wildman–Crippen MR) is 72.7 cm³/mol. The van der Waals surface area contributed by atoms with Crippen LogP contribution in [0.3, 0.4) is 0 Å². The highest BCUT2D eigenvalue weighted by atomic mass is 35.5. The molecule has 0 aromatic heterocycles. The number of ether oxygens (including phenoxy) is 1. The van der Waals surface area contributed by atoms with Crippen molar-refractivity contribution < 1.29 is 9.53 Å². The first kappa shape index (κ1) is 14.8. The van der Waals surface area contributed by atoms with E-state index in [2.05, 4.69) is 19.2 Å². The Labute approximate surface area is 112 Å². The van der Waals surface area contributed by atoms with Crippen LogP contribution in [0.2, 0.25) is 5.02 Å². The fourth-order valence-corrected chi connectivity index (χ4v) is 1.56. The van der Waals surface area contributed by atoms with E-state index in [0.29, 0.717) is 23.4 Å². The number of nitrogens with two attached hydrogens (primary N) is 1. The van der Waals surface area contributed by atoms with Gasteiger partial charge < -0.3 is 15.8 Å². The number of rotatable bonds is 6. The lowest BCUT2D eigenvalue weighted by Gasteiger charge is -2.16. The van der Waals surface area contributed by atoms with E-state index >= 15 is 0 Å². The van der Waals surface area contributed by atoms with E-state index in [1.54, 1.807) is 19.1 Å². The van der Waals surface area contributed by atoms with Gasteiger partial charge in [-0.2, -0.15) is 0 Å². The fraction of sp³-hybridized carbons (Fsp3) is 0.462. The molecule has 1 aromatic rings. The van der Waals surface area contributed by atoms with Crippen LogP contribution < -0.4 is 15.8 Å². The van der Waals surface area contributed by atoms with Gasteiger partial charge in [-0.15, -0.1) is 0 Å². The molecule has 1 unspecified atom stereocenters. The van der Waals surface area contributed by atoms with Crippen molar-refractivity contribution in [3.63, 3.8) is 0 Å². The van der Waals surface area contributed by atoms with Crippen LogP contribution in [-0.4, -0.2) is 18.1 Å². The number of benzene rings is 1. The normalized spacial score (nSPS) is 12.5. The Morgan fingerprint density at radius 2 is 2.11 bits per heavy atom. The Kier molecular flexibility index (Phi) is 5.44. The zero-order chi connectivity index (χ0) is 13.7. The molecule has 0 heterocycles. The summed E-state index contributed by atoms with van der Waals surface area (Å²) in [5, 5.41) is 3.91. The van der Waals surface area contributed by atoms with Crippen LogP contribution in [0, 0.1) is 0 Å². The van der Waals surface area contributed by atoms with Crippen molar-refractivity contribution in [3.05, 3.63) is 28.8 Å². The van der Waals surface area contributed by atoms with E-state index in [1.165, 1.54) is 0 Å². The molecule has 0 spiro atoms. The molecular formula is C13H19ClN2O2. The van der Waals surface area contributed by atoms with Crippen molar-refractivity contribution in [1.82, 2.24) is 5.32 Å². The molecule has 0 radical (unpaired) electrons. The molecule has 1 aromatic carbocycles. The third-order valence-corrected chi connectivity index (χ3v) is 2.66. The number of carbonyl (C=O) groups is 1. The summed E-state index contributed by atoms with van der Waals surface area (Å²) in [6.07, 6.45) is -0.663. The van der Waals surface area contributed by atoms with E-state index in [1.807, 2.05) is 6.07 Å². The van der Waals surface area contributed by atoms with Crippen LogP contribution >= 0.6 is 11.6 Å². The molecule has 0 bridgehead atoms. The van der Waals surface area contributed by atoms with Gasteiger partial charge in [-0.1, -0.05) is 25.4 Å². The number of hydrogen-bond donors (Lipinski definition) is 2. The Bertz CT molecular complexity index is 421. The monoisotopic (exact) mass is 270 g/mol. The minimum atomic E-state index is -0.663. The SMILES string of the molecule is CC(C)NCc1cc(Cl)ccc1OC(C)C(N)=O. The molecule has 5 heteroatoms. The molecule has 1 amide bonds. The number of nitrogens with one attached hydrogen (secondary N) is 1. The zero-order valence-electron chi connectivity index (χ0n) is 10.9. The third-order valence-electron chi connectivity index (χ3n) is 2.43. The van der Waals surface area contributed by atoms with Gasteiger partial charge in [-0.3, -0.25) is 4.79 Å². The van der Waals surface area contributed by atoms with Crippen molar-refractivity contribution in [1.29, 1.82) is 0 Å². The van der Waals surface area contributed by atoms with Crippen LogP contribution in [0.4, 0.5) is 0 Å². The highest BCUT2D eigenvalue weighted by molar-refractivity contribution is 6.30. The van der Waals surface area contributed by atoms with Crippen LogP contribution in [0.25, 0.3) is 0 Å². The first-order valence-corrected chi connectivity index (χ1v) is 6.25. The molecule has 18 heavy (non-hydrogen) atoms. The molecule has 3 N–H and O–H groups in total. The summed E-state index contributed by atoms with van der Waals surface area (Å²) in [6, 6.07) is 5.65. The standard InChI is InChI=1S/C13H19ClN2O2/c1-8(2)16-7-10-6-11(14)4-5-12(10)18-9(3)13(15)17/h4-6,8-9,16H,7H2,1-3H3,(H2,15,17). The van der Waals surface area contributed by atoms with E-state index in [-0.39, 0.29) is 0 Å². The maximum Gasteiger partial charge on any atom is 0.258 e. The van der Waals surface area contributed by atoms with Gasteiger partial charge in [-0.05, 0) is 25.1 Å². The summed E-state index contributed by atoms with van der Waals surface area (Å²) in [5.74, 6) is 0.131. The van der Waals surface area contributed by atoms with Gasteiger partial charge in [0, 0.05) is 23.2 Å². The largest absolute Gasteiger partial charge is 0.481 e. The van der Waals surface area contributed by atoms with Crippen LogP contribution in [0.15, 0.2) is 18.2 Å². The van der Waals surface area contributed by atoms with Crippen molar-refractivity contribution in [2.75, 3.05) is 0 Å². The van der Waals surface area contributed by atoms with E-state index in [4.69, 9.17) is 22.1 Å². The molecule has 0 aliphatic carbocycles. The van der Waals surface area contributed by atoms with Crippen molar-refractivity contribution in [2.24, 2.45) is 5.73 Å². The van der Waals surface area contributed by atoms with Crippen LogP contribution in [0.1, 0.15) is 26.3 Å². The van der Waals surface area contributed by atoms with E-state index in [0.717, 1.165) is 5.56 Å². The summed E-state index contributed by atoms with van der Waals surface area (Å²) in [6.45, 7) is 6.35. The van der Waals surface area contributed by atoms with Crippen molar-refractivity contribution in [3.8, 4) is 5.75 Å². The first-order chi connectivity index (χ1) is 8.40. The Morgan fingerprint density at radius 3 is 2.67 bits per heavy atom. The van der Waals surface area contributed by atoms with Crippen LogP contribution in [0.5, 0.6) is 5.75 Å². The minimum absolute atomic E-state index is 0.352. The molecule has 100 valence electrons. The van der Waals surface area contributed by atoms with Gasteiger partial charge in [0.1, 0.15) is 5.75 Å². The van der Waals surface area contributed by atoms with E-state index < -0.39 is 12.0 Å². The summed E-state index contributed by atoms with van der Waals surface area (Å²) >= 11 is 5.96. The number of hydrogen-bond acceptors (Lipinski definition) is 3. The lowest BCUT2D eigenvalue weighted by molar-refractivity contribution is -0.124. The van der Waals surface area contributed by atoms with E-state index in [9.17, 15) is 4.79 Å².